The summed E-state index contributed by atoms with van der Waals surface area (Å²) in [5.74, 6) is 0.960. The number of aromatic nitrogens is 2. The van der Waals surface area contributed by atoms with Crippen LogP contribution in [0.25, 0.3) is 0 Å². The normalized spacial score (nSPS) is 14.8. The maximum atomic E-state index is 12.9. The van der Waals surface area contributed by atoms with E-state index in [2.05, 4.69) is 54.7 Å². The zero-order chi connectivity index (χ0) is 20.8. The van der Waals surface area contributed by atoms with Crippen LogP contribution >= 0.6 is 0 Å². The molecule has 5 heteroatoms. The molecule has 0 spiro atoms. The number of imidazole rings is 1. The zero-order valence-electron chi connectivity index (χ0n) is 18.5. The molecule has 1 aromatic heterocycles. The van der Waals surface area contributed by atoms with Crippen LogP contribution in [-0.2, 0) is 13.1 Å². The van der Waals surface area contributed by atoms with E-state index in [0.29, 0.717) is 12.6 Å². The number of amides is 2. The smallest absolute Gasteiger partial charge is 0.318 e. The summed E-state index contributed by atoms with van der Waals surface area (Å²) in [4.78, 5) is 19.6. The Labute approximate surface area is 175 Å². The van der Waals surface area contributed by atoms with Crippen LogP contribution in [0.2, 0.25) is 0 Å². The van der Waals surface area contributed by atoms with Crippen molar-refractivity contribution in [1.82, 2.24) is 19.8 Å². The lowest BCUT2D eigenvalue weighted by Crippen LogP contribution is -2.47. The molecule has 1 saturated carbocycles. The second kappa shape index (κ2) is 9.95. The molecule has 1 aliphatic rings. The van der Waals surface area contributed by atoms with E-state index in [1.165, 1.54) is 41.5 Å². The van der Waals surface area contributed by atoms with Gasteiger partial charge in [-0.15, -0.1) is 0 Å². The maximum Gasteiger partial charge on any atom is 0.318 e. The van der Waals surface area contributed by atoms with Gasteiger partial charge in [0.1, 0.15) is 5.82 Å². The average molecular weight is 397 g/mol. The van der Waals surface area contributed by atoms with E-state index < -0.39 is 0 Å². The van der Waals surface area contributed by atoms with Crippen LogP contribution in [0.15, 0.2) is 24.5 Å². The Morgan fingerprint density at radius 1 is 1.17 bits per heavy atom. The van der Waals surface area contributed by atoms with E-state index >= 15 is 0 Å². The molecule has 158 valence electrons. The molecular weight excluding hydrogens is 360 g/mol. The highest BCUT2D eigenvalue weighted by atomic mass is 16.2. The number of urea groups is 1. The third-order valence-corrected chi connectivity index (χ3v) is 6.08. The van der Waals surface area contributed by atoms with Crippen molar-refractivity contribution >= 4 is 6.03 Å². The van der Waals surface area contributed by atoms with Crippen molar-refractivity contribution in [2.75, 3.05) is 6.54 Å². The van der Waals surface area contributed by atoms with Gasteiger partial charge in [0.2, 0.25) is 0 Å². The Kier molecular flexibility index (Phi) is 7.34. The van der Waals surface area contributed by atoms with Crippen molar-refractivity contribution in [2.24, 2.45) is 0 Å². The van der Waals surface area contributed by atoms with Crippen molar-refractivity contribution in [3.63, 3.8) is 0 Å². The van der Waals surface area contributed by atoms with Gasteiger partial charge in [-0.1, -0.05) is 43.9 Å². The quantitative estimate of drug-likeness (QED) is 0.707. The molecule has 1 aliphatic carbocycles. The van der Waals surface area contributed by atoms with E-state index in [4.69, 9.17) is 0 Å². The van der Waals surface area contributed by atoms with Crippen LogP contribution in [0.4, 0.5) is 4.79 Å². The minimum absolute atomic E-state index is 0.0518. The van der Waals surface area contributed by atoms with Crippen LogP contribution in [0.1, 0.15) is 73.5 Å². The van der Waals surface area contributed by atoms with Gasteiger partial charge in [-0.05, 0) is 56.7 Å². The minimum Gasteiger partial charge on any atom is -0.338 e. The fourth-order valence-corrected chi connectivity index (χ4v) is 4.51. The fraction of sp³-hybridized carbons (Fsp3) is 0.583. The van der Waals surface area contributed by atoms with E-state index in [1.807, 2.05) is 17.3 Å². The van der Waals surface area contributed by atoms with E-state index in [0.717, 1.165) is 38.2 Å². The van der Waals surface area contributed by atoms with Gasteiger partial charge in [-0.2, -0.15) is 0 Å². The number of hydrogen-bond donors (Lipinski definition) is 1. The Hall–Kier alpha value is -2.30. The summed E-state index contributed by atoms with van der Waals surface area (Å²) in [5, 5.41) is 3.09. The molecule has 0 unspecified atom stereocenters. The number of nitrogens with one attached hydrogen (secondary N) is 1. The second-order valence-electron chi connectivity index (χ2n) is 8.50. The standard InChI is InChI=1S/C24H36N4O/c1-5-11-26-24(29)28(21-9-7-6-8-10-21)17-23-25-12-13-27(23)16-22-19(3)14-18(2)15-20(22)4/h12-15,21H,5-11,16-17H2,1-4H3,(H,26,29). The summed E-state index contributed by atoms with van der Waals surface area (Å²) in [6.45, 7) is 10.7. The summed E-state index contributed by atoms with van der Waals surface area (Å²) >= 11 is 0. The first-order valence-corrected chi connectivity index (χ1v) is 11.1. The summed E-state index contributed by atoms with van der Waals surface area (Å²) in [7, 11) is 0. The molecule has 0 radical (unpaired) electrons. The lowest BCUT2D eigenvalue weighted by Gasteiger charge is -2.34. The van der Waals surface area contributed by atoms with E-state index in [1.54, 1.807) is 0 Å². The van der Waals surface area contributed by atoms with E-state index in [9.17, 15) is 4.79 Å². The first-order valence-electron chi connectivity index (χ1n) is 11.1. The summed E-state index contributed by atoms with van der Waals surface area (Å²) in [6.07, 6.45) is 10.7. The zero-order valence-corrected chi connectivity index (χ0v) is 18.5. The van der Waals surface area contributed by atoms with Crippen molar-refractivity contribution in [2.45, 2.75) is 85.4 Å². The molecule has 1 heterocycles. The van der Waals surface area contributed by atoms with Crippen LogP contribution in [0.3, 0.4) is 0 Å². The molecule has 1 aromatic carbocycles. The number of nitrogens with zero attached hydrogens (tertiary/aromatic N) is 3. The predicted molar refractivity (Wildman–Crippen MR) is 118 cm³/mol. The number of carbonyl (C=O) groups is 1. The minimum atomic E-state index is 0.0518. The highest BCUT2D eigenvalue weighted by Crippen LogP contribution is 2.25. The average Bonchev–Trinajstić information content (AvgIpc) is 3.14. The Morgan fingerprint density at radius 2 is 1.86 bits per heavy atom. The maximum absolute atomic E-state index is 12.9. The second-order valence-corrected chi connectivity index (χ2v) is 8.50. The van der Waals surface area contributed by atoms with Gasteiger partial charge in [0, 0.05) is 31.5 Å². The monoisotopic (exact) mass is 396 g/mol. The summed E-state index contributed by atoms with van der Waals surface area (Å²) in [5.41, 5.74) is 5.26. The largest absolute Gasteiger partial charge is 0.338 e. The van der Waals surface area contributed by atoms with Crippen LogP contribution in [0.5, 0.6) is 0 Å². The SMILES string of the molecule is CCCNC(=O)N(Cc1nccn1Cc1c(C)cc(C)cc1C)C1CCCCC1. The van der Waals surface area contributed by atoms with Crippen molar-refractivity contribution in [3.05, 3.63) is 52.6 Å². The van der Waals surface area contributed by atoms with Crippen LogP contribution < -0.4 is 5.32 Å². The Bertz CT molecular complexity index is 797. The van der Waals surface area contributed by atoms with Gasteiger partial charge >= 0.3 is 6.03 Å². The molecule has 0 bridgehead atoms. The van der Waals surface area contributed by atoms with Crippen molar-refractivity contribution < 1.29 is 4.79 Å². The van der Waals surface area contributed by atoms with Crippen molar-refractivity contribution in [3.8, 4) is 0 Å². The van der Waals surface area contributed by atoms with Gasteiger partial charge in [0.25, 0.3) is 0 Å². The molecule has 5 nitrogen and oxygen atoms in total. The van der Waals surface area contributed by atoms with Crippen LogP contribution in [-0.4, -0.2) is 33.1 Å². The molecule has 2 aromatic rings. The molecule has 1 fully saturated rings. The number of hydrogen-bond acceptors (Lipinski definition) is 2. The predicted octanol–water partition coefficient (Wildman–Crippen LogP) is 5.11. The molecule has 0 saturated heterocycles. The topological polar surface area (TPSA) is 50.2 Å². The number of carbonyl (C=O) groups excluding carboxylic acids is 1. The third-order valence-electron chi connectivity index (χ3n) is 6.08. The summed E-state index contributed by atoms with van der Waals surface area (Å²) in [6, 6.07) is 4.85. The van der Waals surface area contributed by atoms with E-state index in [-0.39, 0.29) is 6.03 Å². The number of aryl methyl sites for hydroxylation is 3. The van der Waals surface area contributed by atoms with Gasteiger partial charge < -0.3 is 14.8 Å². The highest BCUT2D eigenvalue weighted by Gasteiger charge is 2.26. The number of rotatable bonds is 7. The summed E-state index contributed by atoms with van der Waals surface area (Å²) < 4.78 is 2.20. The third kappa shape index (κ3) is 5.40. The molecule has 1 N–H and O–H groups in total. The fourth-order valence-electron chi connectivity index (χ4n) is 4.51. The van der Waals surface area contributed by atoms with Gasteiger partial charge in [0.05, 0.1) is 6.54 Å². The molecular formula is C24H36N4O. The molecule has 2 amide bonds. The first kappa shape index (κ1) is 21.4. The first-order chi connectivity index (χ1) is 14.0. The van der Waals surface area contributed by atoms with Gasteiger partial charge in [-0.3, -0.25) is 0 Å². The van der Waals surface area contributed by atoms with Gasteiger partial charge in [0.15, 0.2) is 0 Å². The number of benzene rings is 1. The van der Waals surface area contributed by atoms with Crippen LogP contribution in [0, 0.1) is 20.8 Å². The molecule has 0 atom stereocenters. The molecule has 3 rings (SSSR count). The molecule has 0 aliphatic heterocycles. The Balaban J connectivity index is 1.80. The molecule has 29 heavy (non-hydrogen) atoms. The van der Waals surface area contributed by atoms with Gasteiger partial charge in [-0.25, -0.2) is 9.78 Å². The lowest BCUT2D eigenvalue weighted by atomic mass is 9.94. The Morgan fingerprint density at radius 3 is 2.52 bits per heavy atom. The lowest BCUT2D eigenvalue weighted by molar-refractivity contribution is 0.148. The highest BCUT2D eigenvalue weighted by molar-refractivity contribution is 5.74. The van der Waals surface area contributed by atoms with Crippen molar-refractivity contribution in [1.29, 1.82) is 0 Å².